The van der Waals surface area contributed by atoms with E-state index >= 15 is 0 Å². The summed E-state index contributed by atoms with van der Waals surface area (Å²) < 4.78 is 62.3. The molecule has 0 aliphatic heterocycles. The van der Waals surface area contributed by atoms with Crippen molar-refractivity contribution < 1.29 is 41.4 Å². The third-order valence-electron chi connectivity index (χ3n) is 5.74. The molecule has 1 heterocycles. The first-order valence-corrected chi connectivity index (χ1v) is 12.6. The molecule has 0 aliphatic carbocycles. The average molecular weight is 590 g/mol. The number of halogens is 4. The highest BCUT2D eigenvalue weighted by Crippen LogP contribution is 2.38. The van der Waals surface area contributed by atoms with Crippen molar-refractivity contribution in [2.24, 2.45) is 5.92 Å². The van der Waals surface area contributed by atoms with Gasteiger partial charge in [0.15, 0.2) is 0 Å². The molecule has 8 nitrogen and oxygen atoms in total. The van der Waals surface area contributed by atoms with Crippen LogP contribution in [0.1, 0.15) is 25.2 Å². The van der Waals surface area contributed by atoms with Crippen molar-refractivity contribution in [1.82, 2.24) is 5.32 Å². The Labute approximate surface area is 236 Å². The molecule has 4 aromatic rings. The highest BCUT2D eigenvalue weighted by molar-refractivity contribution is 6.30. The Morgan fingerprint density at radius 3 is 2.27 bits per heavy atom. The highest BCUT2D eigenvalue weighted by atomic mass is 35.5. The molecule has 0 radical (unpaired) electrons. The minimum Gasteiger partial charge on any atom is -0.449 e. The molecule has 0 saturated carbocycles. The second-order valence-electron chi connectivity index (χ2n) is 9.15. The molecule has 0 unspecified atom stereocenters. The molecule has 0 saturated heterocycles. The molecule has 1 amide bonds. The number of fused-ring (bicyclic) bond motifs is 1. The van der Waals surface area contributed by atoms with Gasteiger partial charge < -0.3 is 23.9 Å². The maximum absolute atomic E-state index is 13.8. The van der Waals surface area contributed by atoms with Gasteiger partial charge in [-0.3, -0.25) is 4.79 Å². The van der Waals surface area contributed by atoms with Crippen LogP contribution in [-0.4, -0.2) is 18.1 Å². The van der Waals surface area contributed by atoms with Gasteiger partial charge in [-0.15, -0.1) is 0 Å². The molecule has 0 bridgehead atoms. The highest BCUT2D eigenvalue weighted by Gasteiger charge is 2.40. The van der Waals surface area contributed by atoms with Gasteiger partial charge in [0, 0.05) is 11.1 Å². The standard InChI is InChI=1S/C29H23ClF3NO7/c1-16(2)23(34-28(37)38-15-17-6-4-3-5-7-17)27(36)40-20-12-13-21-22(14-20)41-26(29(31,32)33)25(24(21)35)39-19-10-8-18(30)9-11-19/h3-14,16,23H,15H2,1-2H3,(H,34,37)/t23-/m1/s1. The lowest BCUT2D eigenvalue weighted by molar-refractivity contribution is -0.154. The van der Waals surface area contributed by atoms with Crippen LogP contribution in [-0.2, 0) is 22.3 Å². The number of alkyl carbamates (subject to hydrolysis) is 1. The van der Waals surface area contributed by atoms with Crippen LogP contribution in [0, 0.1) is 5.92 Å². The van der Waals surface area contributed by atoms with Crippen LogP contribution in [0.2, 0.25) is 5.02 Å². The van der Waals surface area contributed by atoms with Gasteiger partial charge in [0.1, 0.15) is 29.7 Å². The maximum atomic E-state index is 13.8. The number of rotatable bonds is 8. The summed E-state index contributed by atoms with van der Waals surface area (Å²) in [6.07, 6.45) is -5.95. The van der Waals surface area contributed by atoms with E-state index in [9.17, 15) is 27.6 Å². The van der Waals surface area contributed by atoms with E-state index in [1.54, 1.807) is 38.1 Å². The van der Waals surface area contributed by atoms with E-state index in [0.717, 1.165) is 17.7 Å². The van der Waals surface area contributed by atoms with E-state index in [4.69, 9.17) is 30.2 Å². The number of esters is 1. The van der Waals surface area contributed by atoms with Crippen molar-refractivity contribution in [2.45, 2.75) is 32.7 Å². The van der Waals surface area contributed by atoms with Crippen molar-refractivity contribution >= 4 is 34.6 Å². The summed E-state index contributed by atoms with van der Waals surface area (Å²) in [6, 6.07) is 16.4. The zero-order valence-corrected chi connectivity index (χ0v) is 22.4. The van der Waals surface area contributed by atoms with Crippen molar-refractivity contribution in [3.8, 4) is 17.2 Å². The monoisotopic (exact) mass is 589 g/mol. The second kappa shape index (κ2) is 12.3. The Balaban J connectivity index is 1.56. The molecular weight excluding hydrogens is 567 g/mol. The summed E-state index contributed by atoms with van der Waals surface area (Å²) in [5.74, 6) is -4.35. The smallest absolute Gasteiger partial charge is 0.449 e. The first-order chi connectivity index (χ1) is 19.4. The Hall–Kier alpha value is -4.51. The van der Waals surface area contributed by atoms with E-state index in [-0.39, 0.29) is 23.5 Å². The van der Waals surface area contributed by atoms with Gasteiger partial charge in [-0.1, -0.05) is 55.8 Å². The summed E-state index contributed by atoms with van der Waals surface area (Å²) in [4.78, 5) is 38.2. The number of hydrogen-bond donors (Lipinski definition) is 1. The SMILES string of the molecule is CC(C)[C@@H](NC(=O)OCc1ccccc1)C(=O)Oc1ccc2c(=O)c(Oc3ccc(Cl)cc3)c(C(F)(F)F)oc2c1. The van der Waals surface area contributed by atoms with E-state index in [1.807, 2.05) is 6.07 Å². The van der Waals surface area contributed by atoms with E-state index in [0.29, 0.717) is 5.02 Å². The van der Waals surface area contributed by atoms with Crippen LogP contribution in [0.15, 0.2) is 82.0 Å². The van der Waals surface area contributed by atoms with Crippen LogP contribution < -0.4 is 20.2 Å². The number of carbonyl (C=O) groups excluding carboxylic acids is 2. The molecule has 1 atom stereocenters. The van der Waals surface area contributed by atoms with E-state index < -0.39 is 52.7 Å². The minimum absolute atomic E-state index is 0.0263. The van der Waals surface area contributed by atoms with Gasteiger partial charge in [-0.05, 0) is 47.9 Å². The molecule has 41 heavy (non-hydrogen) atoms. The second-order valence-corrected chi connectivity index (χ2v) is 9.59. The van der Waals surface area contributed by atoms with Crippen molar-refractivity contribution in [1.29, 1.82) is 0 Å². The predicted octanol–water partition coefficient (Wildman–Crippen LogP) is 7.11. The van der Waals surface area contributed by atoms with E-state index in [2.05, 4.69) is 5.32 Å². The van der Waals surface area contributed by atoms with Gasteiger partial charge in [0.05, 0.1) is 5.39 Å². The Morgan fingerprint density at radius 2 is 1.63 bits per heavy atom. The third-order valence-corrected chi connectivity index (χ3v) is 5.99. The number of alkyl halides is 3. The Morgan fingerprint density at radius 1 is 0.976 bits per heavy atom. The van der Waals surface area contributed by atoms with Crippen molar-refractivity contribution in [2.75, 3.05) is 0 Å². The van der Waals surface area contributed by atoms with Gasteiger partial charge in [0.2, 0.25) is 11.2 Å². The fourth-order valence-electron chi connectivity index (χ4n) is 3.69. The normalized spacial score (nSPS) is 12.2. The zero-order valence-electron chi connectivity index (χ0n) is 21.7. The Kier molecular flexibility index (Phi) is 8.87. The lowest BCUT2D eigenvalue weighted by Gasteiger charge is -2.20. The molecule has 12 heteroatoms. The minimum atomic E-state index is -5.09. The molecule has 4 rings (SSSR count). The molecule has 0 aliphatic rings. The van der Waals surface area contributed by atoms with Crippen molar-refractivity contribution in [3.63, 3.8) is 0 Å². The number of hydrogen-bond acceptors (Lipinski definition) is 7. The molecule has 3 aromatic carbocycles. The Bertz CT molecular complexity index is 1600. The van der Waals surface area contributed by atoms with Crippen LogP contribution >= 0.6 is 11.6 Å². The fourth-order valence-corrected chi connectivity index (χ4v) is 3.81. The number of nitrogens with one attached hydrogen (secondary N) is 1. The van der Waals surface area contributed by atoms with Gasteiger partial charge >= 0.3 is 18.2 Å². The summed E-state index contributed by atoms with van der Waals surface area (Å²) in [5.41, 5.74) is -0.842. The van der Waals surface area contributed by atoms with Gasteiger partial charge in [0.25, 0.3) is 5.76 Å². The van der Waals surface area contributed by atoms with Gasteiger partial charge in [-0.2, -0.15) is 13.2 Å². The quantitative estimate of drug-likeness (QED) is 0.172. The predicted molar refractivity (Wildman–Crippen MR) is 143 cm³/mol. The van der Waals surface area contributed by atoms with Crippen LogP contribution in [0.4, 0.5) is 18.0 Å². The molecule has 1 N–H and O–H groups in total. The van der Waals surface area contributed by atoms with Crippen molar-refractivity contribution in [3.05, 3.63) is 99.4 Å². The lowest BCUT2D eigenvalue weighted by atomic mass is 10.1. The summed E-state index contributed by atoms with van der Waals surface area (Å²) in [5, 5.41) is 2.51. The number of amides is 1. The molecule has 0 fully saturated rings. The molecule has 214 valence electrons. The topological polar surface area (TPSA) is 104 Å². The summed E-state index contributed by atoms with van der Waals surface area (Å²) >= 11 is 5.80. The van der Waals surface area contributed by atoms with Gasteiger partial charge in [-0.25, -0.2) is 9.59 Å². The molecular formula is C29H23ClF3NO7. The largest absolute Gasteiger partial charge is 0.453 e. The van der Waals surface area contributed by atoms with Crippen LogP contribution in [0.3, 0.4) is 0 Å². The first-order valence-electron chi connectivity index (χ1n) is 12.2. The van der Waals surface area contributed by atoms with Crippen LogP contribution in [0.25, 0.3) is 11.0 Å². The lowest BCUT2D eigenvalue weighted by Crippen LogP contribution is -2.46. The maximum Gasteiger partial charge on any atom is 0.453 e. The molecule has 1 aromatic heterocycles. The van der Waals surface area contributed by atoms with E-state index in [1.165, 1.54) is 30.3 Å². The average Bonchev–Trinajstić information content (AvgIpc) is 2.92. The molecule has 0 spiro atoms. The fraction of sp³-hybridized carbons (Fsp3) is 0.207. The zero-order chi connectivity index (χ0) is 29.7. The first kappa shape index (κ1) is 29.5. The summed E-state index contributed by atoms with van der Waals surface area (Å²) in [6.45, 7) is 3.28. The number of benzene rings is 3. The summed E-state index contributed by atoms with van der Waals surface area (Å²) in [7, 11) is 0. The number of carbonyl (C=O) groups is 2. The third kappa shape index (κ3) is 7.37. The number of ether oxygens (including phenoxy) is 3. The van der Waals surface area contributed by atoms with Crippen LogP contribution in [0.5, 0.6) is 17.2 Å².